The third-order valence-electron chi connectivity index (χ3n) is 2.75. The predicted molar refractivity (Wildman–Crippen MR) is 68.7 cm³/mol. The molecular formula is C13H9N3S. The highest BCUT2D eigenvalue weighted by atomic mass is 32.1. The fraction of sp³-hybridized carbons (Fsp3) is 0.0769. The van der Waals surface area contributed by atoms with E-state index in [4.69, 9.17) is 5.26 Å². The molecule has 3 aromatic rings. The molecule has 1 aromatic carbocycles. The minimum Gasteiger partial charge on any atom is -0.326 e. The van der Waals surface area contributed by atoms with E-state index in [-0.39, 0.29) is 0 Å². The van der Waals surface area contributed by atoms with Crippen molar-refractivity contribution in [3.63, 3.8) is 0 Å². The average molecular weight is 239 g/mol. The third kappa shape index (κ3) is 1.52. The molecule has 0 atom stereocenters. The first-order valence-electron chi connectivity index (χ1n) is 5.20. The summed E-state index contributed by atoms with van der Waals surface area (Å²) in [6.07, 6.45) is 0. The number of aromatic nitrogens is 2. The minimum absolute atomic E-state index is 0.665. The molecular weight excluding hydrogens is 230 g/mol. The van der Waals surface area contributed by atoms with Gasteiger partial charge in [0.15, 0.2) is 5.82 Å². The van der Waals surface area contributed by atoms with Crippen molar-refractivity contribution in [2.75, 3.05) is 0 Å². The summed E-state index contributed by atoms with van der Waals surface area (Å²) in [4.78, 5) is 5.74. The van der Waals surface area contributed by atoms with Gasteiger partial charge in [0.2, 0.25) is 0 Å². The van der Waals surface area contributed by atoms with E-state index in [0.717, 1.165) is 21.7 Å². The van der Waals surface area contributed by atoms with Gasteiger partial charge in [-0.15, -0.1) is 11.3 Å². The van der Waals surface area contributed by atoms with Crippen LogP contribution in [0.5, 0.6) is 0 Å². The van der Waals surface area contributed by atoms with Crippen LogP contribution >= 0.6 is 11.3 Å². The van der Waals surface area contributed by atoms with Crippen LogP contribution in [0, 0.1) is 11.3 Å². The highest BCUT2D eigenvalue weighted by Gasteiger charge is 2.10. The molecule has 17 heavy (non-hydrogen) atoms. The summed E-state index contributed by atoms with van der Waals surface area (Å²) in [6, 6.07) is 11.8. The van der Waals surface area contributed by atoms with Crippen molar-refractivity contribution in [1.29, 1.82) is 5.26 Å². The summed E-state index contributed by atoms with van der Waals surface area (Å²) in [7, 11) is 1.98. The Hall–Kier alpha value is -2.12. The Morgan fingerprint density at radius 2 is 2.24 bits per heavy atom. The first kappa shape index (κ1) is 10.1. The number of benzene rings is 1. The predicted octanol–water partition coefficient (Wildman–Crippen LogP) is 3.17. The van der Waals surface area contributed by atoms with Crippen molar-refractivity contribution in [3.8, 4) is 16.8 Å². The molecule has 0 aliphatic carbocycles. The normalized spacial score (nSPS) is 10.6. The van der Waals surface area contributed by atoms with Crippen molar-refractivity contribution < 1.29 is 0 Å². The van der Waals surface area contributed by atoms with E-state index in [1.165, 1.54) is 0 Å². The second kappa shape index (κ2) is 3.72. The Bertz CT molecular complexity index is 717. The SMILES string of the molecule is Cn1c(-c2cccs2)nc2ccc(C#N)cc21. The van der Waals surface area contributed by atoms with Crippen molar-refractivity contribution >= 4 is 22.4 Å². The van der Waals surface area contributed by atoms with Gasteiger partial charge in [0.1, 0.15) is 0 Å². The number of nitriles is 1. The maximum Gasteiger partial charge on any atom is 0.150 e. The summed E-state index contributed by atoms with van der Waals surface area (Å²) in [5.74, 6) is 0.949. The molecule has 0 aliphatic heterocycles. The lowest BCUT2D eigenvalue weighted by atomic mass is 10.2. The van der Waals surface area contributed by atoms with Gasteiger partial charge in [0.25, 0.3) is 0 Å². The van der Waals surface area contributed by atoms with Crippen LogP contribution in [-0.2, 0) is 7.05 Å². The molecule has 3 nitrogen and oxygen atoms in total. The lowest BCUT2D eigenvalue weighted by Crippen LogP contribution is -1.90. The van der Waals surface area contributed by atoms with Crippen LogP contribution in [0.2, 0.25) is 0 Å². The number of thiophene rings is 1. The second-order valence-electron chi connectivity index (χ2n) is 3.79. The summed E-state index contributed by atoms with van der Waals surface area (Å²) in [5.41, 5.74) is 2.58. The molecule has 0 radical (unpaired) electrons. The summed E-state index contributed by atoms with van der Waals surface area (Å²) in [5, 5.41) is 10.9. The molecule has 0 amide bonds. The molecule has 0 spiro atoms. The number of rotatable bonds is 1. The zero-order chi connectivity index (χ0) is 11.8. The zero-order valence-corrected chi connectivity index (χ0v) is 10.0. The van der Waals surface area contributed by atoms with Crippen LogP contribution < -0.4 is 0 Å². The summed E-state index contributed by atoms with van der Waals surface area (Å²) < 4.78 is 2.03. The van der Waals surface area contributed by atoms with Crippen LogP contribution in [0.25, 0.3) is 21.7 Å². The van der Waals surface area contributed by atoms with E-state index in [2.05, 4.69) is 17.1 Å². The van der Waals surface area contributed by atoms with Gasteiger partial charge in [0, 0.05) is 7.05 Å². The van der Waals surface area contributed by atoms with Gasteiger partial charge < -0.3 is 4.57 Å². The van der Waals surface area contributed by atoms with Gasteiger partial charge in [-0.1, -0.05) is 6.07 Å². The van der Waals surface area contributed by atoms with E-state index in [1.54, 1.807) is 17.4 Å². The first-order chi connectivity index (χ1) is 8.29. The molecule has 2 heterocycles. The smallest absolute Gasteiger partial charge is 0.150 e. The minimum atomic E-state index is 0.665. The Morgan fingerprint density at radius 3 is 2.94 bits per heavy atom. The molecule has 0 bridgehead atoms. The molecule has 3 rings (SSSR count). The van der Waals surface area contributed by atoms with E-state index in [9.17, 15) is 0 Å². The Labute approximate surface area is 103 Å². The highest BCUT2D eigenvalue weighted by Crippen LogP contribution is 2.27. The maximum atomic E-state index is 8.90. The van der Waals surface area contributed by atoms with Crippen molar-refractivity contribution in [1.82, 2.24) is 9.55 Å². The van der Waals surface area contributed by atoms with Crippen LogP contribution in [0.3, 0.4) is 0 Å². The highest BCUT2D eigenvalue weighted by molar-refractivity contribution is 7.13. The van der Waals surface area contributed by atoms with Crippen LogP contribution in [0.1, 0.15) is 5.56 Å². The van der Waals surface area contributed by atoms with Gasteiger partial charge in [-0.05, 0) is 29.6 Å². The zero-order valence-electron chi connectivity index (χ0n) is 9.21. The molecule has 4 heteroatoms. The lowest BCUT2D eigenvalue weighted by Gasteiger charge is -1.98. The fourth-order valence-electron chi connectivity index (χ4n) is 1.89. The molecule has 2 aromatic heterocycles. The summed E-state index contributed by atoms with van der Waals surface area (Å²) in [6.45, 7) is 0. The van der Waals surface area contributed by atoms with Crippen molar-refractivity contribution in [3.05, 3.63) is 41.3 Å². The molecule has 0 aliphatic rings. The third-order valence-corrected chi connectivity index (χ3v) is 3.62. The molecule has 0 fully saturated rings. The van der Waals surface area contributed by atoms with Gasteiger partial charge in [-0.2, -0.15) is 5.26 Å². The molecule has 0 N–H and O–H groups in total. The monoisotopic (exact) mass is 239 g/mol. The molecule has 0 saturated carbocycles. The number of nitrogens with zero attached hydrogens (tertiary/aromatic N) is 3. The number of imidazole rings is 1. The molecule has 82 valence electrons. The van der Waals surface area contributed by atoms with E-state index < -0.39 is 0 Å². The maximum absolute atomic E-state index is 8.90. The van der Waals surface area contributed by atoms with Crippen molar-refractivity contribution in [2.45, 2.75) is 0 Å². The largest absolute Gasteiger partial charge is 0.326 e. The van der Waals surface area contributed by atoms with Gasteiger partial charge in [0.05, 0.1) is 27.5 Å². The first-order valence-corrected chi connectivity index (χ1v) is 6.08. The summed E-state index contributed by atoms with van der Waals surface area (Å²) >= 11 is 1.67. The second-order valence-corrected chi connectivity index (χ2v) is 4.73. The Kier molecular flexibility index (Phi) is 2.20. The standard InChI is InChI=1S/C13H9N3S/c1-16-11-7-9(8-14)4-5-10(11)15-13(16)12-3-2-6-17-12/h2-7H,1H3. The van der Waals surface area contributed by atoms with E-state index in [1.807, 2.05) is 35.2 Å². The van der Waals surface area contributed by atoms with Crippen LogP contribution in [0.4, 0.5) is 0 Å². The molecule has 0 unspecified atom stereocenters. The van der Waals surface area contributed by atoms with Crippen LogP contribution in [0.15, 0.2) is 35.7 Å². The van der Waals surface area contributed by atoms with Crippen molar-refractivity contribution in [2.24, 2.45) is 7.05 Å². The van der Waals surface area contributed by atoms with Crippen LogP contribution in [-0.4, -0.2) is 9.55 Å². The number of aryl methyl sites for hydroxylation is 1. The van der Waals surface area contributed by atoms with E-state index >= 15 is 0 Å². The average Bonchev–Trinajstić information content (AvgIpc) is 2.97. The Morgan fingerprint density at radius 1 is 1.35 bits per heavy atom. The lowest BCUT2D eigenvalue weighted by molar-refractivity contribution is 0.963. The number of hydrogen-bond acceptors (Lipinski definition) is 3. The van der Waals surface area contributed by atoms with Gasteiger partial charge in [-0.3, -0.25) is 0 Å². The van der Waals surface area contributed by atoms with E-state index in [0.29, 0.717) is 5.56 Å². The Balaban J connectivity index is 2.30. The topological polar surface area (TPSA) is 41.6 Å². The van der Waals surface area contributed by atoms with Gasteiger partial charge in [-0.25, -0.2) is 4.98 Å². The van der Waals surface area contributed by atoms with Gasteiger partial charge >= 0.3 is 0 Å². The fourth-order valence-corrected chi connectivity index (χ4v) is 2.63. The number of fused-ring (bicyclic) bond motifs is 1. The quantitative estimate of drug-likeness (QED) is 0.654. The molecule has 0 saturated heterocycles. The number of hydrogen-bond donors (Lipinski definition) is 0.